The van der Waals surface area contributed by atoms with Gasteiger partial charge in [-0.15, -0.1) is 5.10 Å². The molecule has 0 unspecified atom stereocenters. The van der Waals surface area contributed by atoms with Gasteiger partial charge in [0.2, 0.25) is 11.9 Å². The molecule has 228 valence electrons. The molecule has 4 heterocycles. The minimum absolute atomic E-state index is 0.152. The van der Waals surface area contributed by atoms with Gasteiger partial charge in [0.1, 0.15) is 5.82 Å². The first-order valence-electron chi connectivity index (χ1n) is 15.0. The van der Waals surface area contributed by atoms with E-state index in [4.69, 9.17) is 15.2 Å². The molecule has 0 spiro atoms. The Morgan fingerprint density at radius 1 is 1.02 bits per heavy atom. The van der Waals surface area contributed by atoms with Crippen LogP contribution in [-0.2, 0) is 0 Å². The second kappa shape index (κ2) is 11.7. The molecule has 2 saturated heterocycles. The molecular formula is C32H36FN9O2. The highest BCUT2D eigenvalue weighted by Crippen LogP contribution is 2.35. The van der Waals surface area contributed by atoms with Gasteiger partial charge in [-0.05, 0) is 80.7 Å². The average molecular weight is 598 g/mol. The maximum absolute atomic E-state index is 15.3. The molecule has 0 saturated carbocycles. The van der Waals surface area contributed by atoms with E-state index in [9.17, 15) is 0 Å². The monoisotopic (exact) mass is 597 g/mol. The molecule has 0 radical (unpaired) electrons. The fourth-order valence-electron chi connectivity index (χ4n) is 6.47. The van der Waals surface area contributed by atoms with Crippen LogP contribution in [-0.4, -0.2) is 71.8 Å². The number of likely N-dealkylation sites (tertiary alicyclic amines) is 1. The lowest BCUT2D eigenvalue weighted by Crippen LogP contribution is -2.44. The highest BCUT2D eigenvalue weighted by Gasteiger charge is 2.28. The number of nitrogens with two attached hydrogens (primary N) is 1. The Morgan fingerprint density at radius 2 is 1.80 bits per heavy atom. The lowest BCUT2D eigenvalue weighted by Gasteiger charge is -2.37. The van der Waals surface area contributed by atoms with Gasteiger partial charge >= 0.3 is 0 Å². The second-order valence-corrected chi connectivity index (χ2v) is 11.3. The number of nitrogens with zero attached hydrogens (tertiary/aromatic N) is 6. The van der Waals surface area contributed by atoms with Gasteiger partial charge in [0, 0.05) is 36.0 Å². The molecule has 0 atom stereocenters. The molecule has 12 heteroatoms. The Morgan fingerprint density at radius 3 is 2.55 bits per heavy atom. The van der Waals surface area contributed by atoms with Gasteiger partial charge < -0.3 is 30.3 Å². The molecule has 3 aromatic rings. The van der Waals surface area contributed by atoms with Crippen LogP contribution in [0.4, 0.5) is 27.7 Å². The van der Waals surface area contributed by atoms with Gasteiger partial charge in [0.25, 0.3) is 0 Å². The lowest BCUT2D eigenvalue weighted by atomic mass is 9.97. The van der Waals surface area contributed by atoms with Crippen molar-refractivity contribution in [2.75, 3.05) is 56.3 Å². The summed E-state index contributed by atoms with van der Waals surface area (Å²) < 4.78 is 27.7. The summed E-state index contributed by atoms with van der Waals surface area (Å²) in [5, 5.41) is 12.3. The fraction of sp³-hybridized carbons (Fsp3) is 0.344. The number of hydrogen-bond acceptors (Lipinski definition) is 10. The van der Waals surface area contributed by atoms with E-state index in [2.05, 4.69) is 35.7 Å². The number of rotatable bonds is 7. The number of allylic oxidation sites excluding steroid dienone is 4. The maximum atomic E-state index is 15.3. The molecule has 4 aliphatic rings. The van der Waals surface area contributed by atoms with Crippen LogP contribution in [0.25, 0.3) is 11.9 Å². The van der Waals surface area contributed by atoms with Gasteiger partial charge in [0.05, 0.1) is 25.6 Å². The smallest absolute Gasteiger partial charge is 0.248 e. The second-order valence-electron chi connectivity index (χ2n) is 11.3. The normalized spacial score (nSPS) is 18.4. The van der Waals surface area contributed by atoms with Gasteiger partial charge in [-0.2, -0.15) is 14.8 Å². The molecule has 44 heavy (non-hydrogen) atoms. The number of methoxy groups -OCH3 is 2. The third-order valence-electron chi connectivity index (χ3n) is 8.74. The van der Waals surface area contributed by atoms with Crippen molar-refractivity contribution >= 4 is 40.9 Å². The lowest BCUT2D eigenvalue weighted by molar-refractivity contribution is 0.207. The quantitative estimate of drug-likeness (QED) is 0.360. The van der Waals surface area contributed by atoms with E-state index in [-0.39, 0.29) is 17.7 Å². The third kappa shape index (κ3) is 5.25. The highest BCUT2D eigenvalue weighted by molar-refractivity contribution is 6.18. The molecular weight excluding hydrogens is 561 g/mol. The highest BCUT2D eigenvalue weighted by atomic mass is 19.1. The van der Waals surface area contributed by atoms with Crippen molar-refractivity contribution in [1.29, 1.82) is 0 Å². The summed E-state index contributed by atoms with van der Waals surface area (Å²) in [6, 6.07) is 9.60. The topological polar surface area (TPSA) is 118 Å². The molecule has 7 rings (SSSR count). The zero-order valence-electron chi connectivity index (χ0n) is 24.9. The zero-order chi connectivity index (χ0) is 30.2. The van der Waals surface area contributed by atoms with Crippen LogP contribution in [0.5, 0.6) is 11.5 Å². The van der Waals surface area contributed by atoms with E-state index in [1.54, 1.807) is 14.2 Å². The van der Waals surface area contributed by atoms with E-state index in [0.29, 0.717) is 34.7 Å². The molecule has 11 nitrogen and oxygen atoms in total. The van der Waals surface area contributed by atoms with Crippen LogP contribution in [0.2, 0.25) is 0 Å². The number of nitrogen functional groups attached to an aromatic ring is 1. The summed E-state index contributed by atoms with van der Waals surface area (Å²) >= 11 is 0. The van der Waals surface area contributed by atoms with Crippen molar-refractivity contribution < 1.29 is 13.9 Å². The first-order chi connectivity index (χ1) is 21.5. The van der Waals surface area contributed by atoms with Crippen LogP contribution in [0, 0.1) is 5.82 Å². The van der Waals surface area contributed by atoms with Crippen LogP contribution in [0.15, 0.2) is 59.2 Å². The first kappa shape index (κ1) is 28.0. The Bertz CT molecular complexity index is 1700. The van der Waals surface area contributed by atoms with Gasteiger partial charge in [-0.1, -0.05) is 18.2 Å². The van der Waals surface area contributed by atoms with Gasteiger partial charge in [0.15, 0.2) is 17.3 Å². The summed E-state index contributed by atoms with van der Waals surface area (Å²) in [7, 11) is 3.21. The Balaban J connectivity index is 1.05. The van der Waals surface area contributed by atoms with E-state index < -0.39 is 0 Å². The van der Waals surface area contributed by atoms with E-state index in [1.165, 1.54) is 36.7 Å². The van der Waals surface area contributed by atoms with Crippen molar-refractivity contribution in [2.45, 2.75) is 31.7 Å². The molecule has 1 aromatic heterocycles. The van der Waals surface area contributed by atoms with E-state index >= 15 is 4.39 Å². The summed E-state index contributed by atoms with van der Waals surface area (Å²) in [5.74, 6) is 1.90. The number of fused-ring (bicyclic) bond motifs is 3. The predicted octanol–water partition coefficient (Wildman–Crippen LogP) is 4.58. The number of hydrazone groups is 1. The molecule has 2 aromatic carbocycles. The van der Waals surface area contributed by atoms with Gasteiger partial charge in [-0.25, -0.2) is 4.39 Å². The largest absolute Gasteiger partial charge is 0.493 e. The number of anilines is 4. The molecule has 2 fully saturated rings. The van der Waals surface area contributed by atoms with Crippen molar-refractivity contribution in [3.8, 4) is 11.5 Å². The van der Waals surface area contributed by atoms with Crippen molar-refractivity contribution in [1.82, 2.24) is 25.1 Å². The maximum Gasteiger partial charge on any atom is 0.248 e. The summed E-state index contributed by atoms with van der Waals surface area (Å²) in [6.07, 6.45) is 12.5. The average Bonchev–Trinajstić information content (AvgIpc) is 3.67. The Labute approximate surface area is 255 Å². The third-order valence-corrected chi connectivity index (χ3v) is 8.74. The summed E-state index contributed by atoms with van der Waals surface area (Å²) in [5.41, 5.74) is 13.9. The number of halogens is 1. The number of benzene rings is 2. The predicted molar refractivity (Wildman–Crippen MR) is 171 cm³/mol. The van der Waals surface area contributed by atoms with E-state index in [0.717, 1.165) is 48.3 Å². The number of nitrogens with one attached hydrogen (secondary N) is 2. The minimum atomic E-state index is -0.275. The standard InChI is InChI=1S/C32H36FN9O2/c1-43-27-16-20-6-5-7-21-17-29(37-38-30(21)24(20)19-28(27)44-2)42-31(34)36-32(39-42)35-22-8-9-26(25(33)18-22)41-14-10-23(11-15-41)40-12-3-4-13-40/h5-9,16-19,23,37H,3-4,10-15H2,1-2H3,(H3,34,35,36,39). The first-order valence-corrected chi connectivity index (χ1v) is 15.0. The number of hydrogen-bond donors (Lipinski definition) is 3. The Hall–Kier alpha value is -4.84. The zero-order valence-corrected chi connectivity index (χ0v) is 24.9. The van der Waals surface area contributed by atoms with Crippen LogP contribution >= 0.6 is 0 Å². The fourth-order valence-corrected chi connectivity index (χ4v) is 6.47. The molecule has 0 amide bonds. The molecule has 4 N–H and O–H groups in total. The van der Waals surface area contributed by atoms with Crippen molar-refractivity contribution in [3.05, 3.63) is 71.1 Å². The van der Waals surface area contributed by atoms with Gasteiger partial charge in [-0.3, -0.25) is 5.43 Å². The SMILES string of the molecule is COc1cc2c(cc1OC)C1=NNC(n3nc(Nc4ccc(N5CCC(N6CCCC6)CC5)c(F)c4)nc3N)=CC1=CC=C2. The minimum Gasteiger partial charge on any atom is -0.493 e. The van der Waals surface area contributed by atoms with Crippen LogP contribution in [0.1, 0.15) is 36.8 Å². The number of aromatic nitrogens is 3. The summed E-state index contributed by atoms with van der Waals surface area (Å²) in [6.45, 7) is 4.12. The Kier molecular flexibility index (Phi) is 7.42. The van der Waals surface area contributed by atoms with E-state index in [1.807, 2.05) is 48.6 Å². The number of ether oxygens (including phenoxy) is 2. The molecule has 3 aliphatic heterocycles. The van der Waals surface area contributed by atoms with Crippen molar-refractivity contribution in [3.63, 3.8) is 0 Å². The van der Waals surface area contributed by atoms with Crippen LogP contribution < -0.4 is 30.8 Å². The van der Waals surface area contributed by atoms with Crippen LogP contribution in [0.3, 0.4) is 0 Å². The molecule has 1 aliphatic carbocycles. The van der Waals surface area contributed by atoms with Crippen molar-refractivity contribution in [2.24, 2.45) is 5.10 Å². The molecule has 0 bridgehead atoms. The number of piperidine rings is 1. The summed E-state index contributed by atoms with van der Waals surface area (Å²) in [4.78, 5) is 9.10.